The average molecular weight is 251 g/mol. The molecule has 1 atom stereocenters. The summed E-state index contributed by atoms with van der Waals surface area (Å²) in [6.45, 7) is 6.15. The number of alkyl carbamates (subject to hydrolysis) is 1. The van der Waals surface area contributed by atoms with Crippen molar-refractivity contribution in [2.75, 3.05) is 6.54 Å². The SMILES string of the molecule is CC(C)(C)OC(=O)NC(Cl)CCCCCN. The summed E-state index contributed by atoms with van der Waals surface area (Å²) in [5.74, 6) is 0. The minimum atomic E-state index is -0.486. The Kier molecular flexibility index (Phi) is 7.51. The number of alkyl halides is 1. The van der Waals surface area contributed by atoms with Gasteiger partial charge in [0.15, 0.2) is 0 Å². The zero-order valence-electron chi connectivity index (χ0n) is 10.4. The van der Waals surface area contributed by atoms with Crippen LogP contribution in [0.4, 0.5) is 4.79 Å². The van der Waals surface area contributed by atoms with Gasteiger partial charge < -0.3 is 15.8 Å². The molecule has 5 heteroatoms. The number of carbonyl (C=O) groups excluding carboxylic acids is 1. The van der Waals surface area contributed by atoms with Crippen molar-refractivity contribution in [3.8, 4) is 0 Å². The summed E-state index contributed by atoms with van der Waals surface area (Å²) in [6, 6.07) is 0. The van der Waals surface area contributed by atoms with E-state index in [9.17, 15) is 4.79 Å². The molecule has 4 nitrogen and oxygen atoms in total. The summed E-state index contributed by atoms with van der Waals surface area (Å²) < 4.78 is 5.08. The van der Waals surface area contributed by atoms with Gasteiger partial charge in [0.05, 0.1) is 0 Å². The topological polar surface area (TPSA) is 64.3 Å². The van der Waals surface area contributed by atoms with Crippen molar-refractivity contribution in [2.45, 2.75) is 57.6 Å². The largest absolute Gasteiger partial charge is 0.444 e. The van der Waals surface area contributed by atoms with Crippen LogP contribution in [0.25, 0.3) is 0 Å². The number of amides is 1. The molecule has 0 spiro atoms. The lowest BCUT2D eigenvalue weighted by Gasteiger charge is -2.21. The standard InChI is InChI=1S/C11H23ClN2O2/c1-11(2,3)16-10(15)14-9(12)7-5-4-6-8-13/h9H,4-8,13H2,1-3H3,(H,14,15). The number of nitrogens with one attached hydrogen (secondary N) is 1. The number of rotatable bonds is 6. The van der Waals surface area contributed by atoms with Gasteiger partial charge in [-0.1, -0.05) is 24.4 Å². The summed E-state index contributed by atoms with van der Waals surface area (Å²) in [6.07, 6.45) is 3.26. The first-order valence-corrected chi connectivity index (χ1v) is 6.12. The Hall–Kier alpha value is -0.480. The van der Waals surface area contributed by atoms with Crippen LogP contribution in [0, 0.1) is 0 Å². The minimum Gasteiger partial charge on any atom is -0.444 e. The predicted molar refractivity (Wildman–Crippen MR) is 66.5 cm³/mol. The Morgan fingerprint density at radius 1 is 1.38 bits per heavy atom. The van der Waals surface area contributed by atoms with Gasteiger partial charge in [0.1, 0.15) is 11.1 Å². The molecule has 0 aromatic carbocycles. The lowest BCUT2D eigenvalue weighted by molar-refractivity contribution is 0.0519. The Bertz CT molecular complexity index is 205. The van der Waals surface area contributed by atoms with Gasteiger partial charge in [0, 0.05) is 0 Å². The molecule has 0 saturated heterocycles. The van der Waals surface area contributed by atoms with E-state index in [2.05, 4.69) is 5.32 Å². The van der Waals surface area contributed by atoms with Crippen molar-refractivity contribution in [3.05, 3.63) is 0 Å². The van der Waals surface area contributed by atoms with Gasteiger partial charge in [0.25, 0.3) is 0 Å². The van der Waals surface area contributed by atoms with Crippen molar-refractivity contribution in [1.82, 2.24) is 5.32 Å². The van der Waals surface area contributed by atoms with E-state index < -0.39 is 11.7 Å². The van der Waals surface area contributed by atoms with E-state index in [1.165, 1.54) is 0 Å². The fourth-order valence-corrected chi connectivity index (χ4v) is 1.40. The first-order valence-electron chi connectivity index (χ1n) is 5.69. The van der Waals surface area contributed by atoms with Crippen LogP contribution in [-0.4, -0.2) is 23.7 Å². The van der Waals surface area contributed by atoms with E-state index in [4.69, 9.17) is 22.1 Å². The molecular formula is C11H23ClN2O2. The fourth-order valence-electron chi connectivity index (χ4n) is 1.15. The highest BCUT2D eigenvalue weighted by atomic mass is 35.5. The number of nitrogens with two attached hydrogens (primary N) is 1. The van der Waals surface area contributed by atoms with Crippen molar-refractivity contribution in [3.63, 3.8) is 0 Å². The number of unbranched alkanes of at least 4 members (excludes halogenated alkanes) is 2. The molecule has 0 radical (unpaired) electrons. The molecule has 0 aliphatic carbocycles. The molecule has 3 N–H and O–H groups in total. The van der Waals surface area contributed by atoms with Crippen LogP contribution in [0.2, 0.25) is 0 Å². The van der Waals surface area contributed by atoms with Crippen LogP contribution >= 0.6 is 11.6 Å². The highest BCUT2D eigenvalue weighted by Gasteiger charge is 2.17. The Labute approximate surface area is 103 Å². The third-order valence-electron chi connectivity index (χ3n) is 1.84. The van der Waals surface area contributed by atoms with E-state index in [-0.39, 0.29) is 5.50 Å². The molecule has 1 amide bonds. The van der Waals surface area contributed by atoms with Crippen LogP contribution in [0.3, 0.4) is 0 Å². The van der Waals surface area contributed by atoms with Crippen molar-refractivity contribution in [2.24, 2.45) is 5.73 Å². The van der Waals surface area contributed by atoms with Crippen LogP contribution in [0.1, 0.15) is 46.5 Å². The molecular weight excluding hydrogens is 228 g/mol. The summed E-state index contributed by atoms with van der Waals surface area (Å²) in [7, 11) is 0. The molecule has 0 aromatic rings. The lowest BCUT2D eigenvalue weighted by Crippen LogP contribution is -2.36. The Morgan fingerprint density at radius 2 is 2.00 bits per heavy atom. The highest BCUT2D eigenvalue weighted by molar-refractivity contribution is 6.21. The first kappa shape index (κ1) is 15.5. The predicted octanol–water partition coefficient (Wildman–Crippen LogP) is 2.60. The number of ether oxygens (including phenoxy) is 1. The molecule has 1 unspecified atom stereocenters. The van der Waals surface area contributed by atoms with Gasteiger partial charge >= 0.3 is 6.09 Å². The van der Waals surface area contributed by atoms with Gasteiger partial charge in [-0.25, -0.2) is 4.79 Å². The molecule has 0 bridgehead atoms. The average Bonchev–Trinajstić information content (AvgIpc) is 2.09. The van der Waals surface area contributed by atoms with Crippen LogP contribution in [0.15, 0.2) is 0 Å². The van der Waals surface area contributed by atoms with Crippen LogP contribution in [0.5, 0.6) is 0 Å². The zero-order chi connectivity index (χ0) is 12.6. The van der Waals surface area contributed by atoms with Crippen molar-refractivity contribution in [1.29, 1.82) is 0 Å². The second-order valence-electron chi connectivity index (χ2n) is 4.75. The summed E-state index contributed by atoms with van der Waals surface area (Å²) in [4.78, 5) is 11.3. The first-order chi connectivity index (χ1) is 7.35. The van der Waals surface area contributed by atoms with E-state index >= 15 is 0 Å². The van der Waals surface area contributed by atoms with Gasteiger partial charge in [-0.2, -0.15) is 0 Å². The minimum absolute atomic E-state index is 0.368. The van der Waals surface area contributed by atoms with Gasteiger partial charge in [-0.15, -0.1) is 0 Å². The van der Waals surface area contributed by atoms with E-state index in [1.807, 2.05) is 20.8 Å². The monoisotopic (exact) mass is 250 g/mol. The molecule has 0 fully saturated rings. The molecule has 0 rings (SSSR count). The maximum atomic E-state index is 11.3. The summed E-state index contributed by atoms with van der Waals surface area (Å²) >= 11 is 5.94. The van der Waals surface area contributed by atoms with Crippen LogP contribution < -0.4 is 11.1 Å². The third-order valence-corrected chi connectivity index (χ3v) is 2.16. The van der Waals surface area contributed by atoms with E-state index in [0.717, 1.165) is 25.7 Å². The zero-order valence-corrected chi connectivity index (χ0v) is 11.1. The van der Waals surface area contributed by atoms with Gasteiger partial charge in [-0.05, 0) is 40.2 Å². The summed E-state index contributed by atoms with van der Waals surface area (Å²) in [5, 5.41) is 2.59. The number of halogens is 1. The van der Waals surface area contributed by atoms with Crippen molar-refractivity contribution < 1.29 is 9.53 Å². The molecule has 0 saturated carbocycles. The second kappa shape index (κ2) is 7.74. The molecule has 96 valence electrons. The number of hydrogen-bond donors (Lipinski definition) is 2. The number of carbonyl (C=O) groups is 1. The van der Waals surface area contributed by atoms with E-state index in [1.54, 1.807) is 0 Å². The molecule has 0 heterocycles. The molecule has 16 heavy (non-hydrogen) atoms. The quantitative estimate of drug-likeness (QED) is 0.433. The maximum absolute atomic E-state index is 11.3. The van der Waals surface area contributed by atoms with E-state index in [0.29, 0.717) is 6.54 Å². The smallest absolute Gasteiger partial charge is 0.408 e. The van der Waals surface area contributed by atoms with Crippen LogP contribution in [-0.2, 0) is 4.74 Å². The Morgan fingerprint density at radius 3 is 2.50 bits per heavy atom. The maximum Gasteiger partial charge on any atom is 0.408 e. The summed E-state index contributed by atoms with van der Waals surface area (Å²) in [5.41, 5.74) is 4.52. The normalized spacial score (nSPS) is 13.3. The molecule has 0 aromatic heterocycles. The third kappa shape index (κ3) is 10.1. The van der Waals surface area contributed by atoms with Gasteiger partial charge in [-0.3, -0.25) is 0 Å². The lowest BCUT2D eigenvalue weighted by atomic mass is 10.2. The number of hydrogen-bond acceptors (Lipinski definition) is 3. The Balaban J connectivity index is 3.62. The fraction of sp³-hybridized carbons (Fsp3) is 0.909. The molecule has 0 aliphatic heterocycles. The molecule has 0 aliphatic rings. The second-order valence-corrected chi connectivity index (χ2v) is 5.28. The highest BCUT2D eigenvalue weighted by Crippen LogP contribution is 2.10. The van der Waals surface area contributed by atoms with Crippen molar-refractivity contribution >= 4 is 17.7 Å². The van der Waals surface area contributed by atoms with Gasteiger partial charge in [0.2, 0.25) is 0 Å².